The van der Waals surface area contributed by atoms with Crippen molar-refractivity contribution in [3.63, 3.8) is 0 Å². The van der Waals surface area contributed by atoms with Crippen molar-refractivity contribution in [2.45, 2.75) is 19.6 Å². The summed E-state index contributed by atoms with van der Waals surface area (Å²) in [5, 5.41) is 15.3. The first-order valence-electron chi connectivity index (χ1n) is 8.85. The molecule has 0 heterocycles. The number of benzene rings is 2. The first kappa shape index (κ1) is 21.9. The minimum atomic E-state index is -0.738. The first-order valence-corrected chi connectivity index (χ1v) is 9.26. The third kappa shape index (κ3) is 7.25. The molecule has 1 atom stereocenters. The number of allylic oxidation sites excluding steroid dienone is 1. The minimum Gasteiger partial charge on any atom is -0.402 e. The molecular weight excluding hydrogens is 386 g/mol. The van der Waals surface area contributed by atoms with Gasteiger partial charge in [-0.2, -0.15) is 5.26 Å². The molecule has 0 unspecified atom stereocenters. The van der Waals surface area contributed by atoms with Gasteiger partial charge in [-0.1, -0.05) is 42.5 Å². The molecule has 6 N–H and O–H groups in total. The van der Waals surface area contributed by atoms with Gasteiger partial charge >= 0.3 is 0 Å². The van der Waals surface area contributed by atoms with Crippen molar-refractivity contribution in [2.24, 2.45) is 11.5 Å². The Labute approximate surface area is 175 Å². The fraction of sp³-hybridized carbons (Fsp3) is 0.190. The summed E-state index contributed by atoms with van der Waals surface area (Å²) in [5.74, 6) is -0.547. The van der Waals surface area contributed by atoms with Crippen LogP contribution in [0.1, 0.15) is 18.1 Å². The standard InChI is InChI=1S/C21H23N5O2S/c1-14(23)9-20(29)26-18-10-17(8-7-16(18)11-22)25-19(21(24)27)13-28-12-15-5-3-2-4-6-15/h2-10,19,25H,12-13,23H2,1H3,(H2,24,27)(H,26,29)/t19-/m1/s1. The number of thiocarbonyl (C=S) groups is 1. The summed E-state index contributed by atoms with van der Waals surface area (Å²) >= 11 is 5.20. The molecule has 0 fully saturated rings. The molecule has 0 aliphatic rings. The highest BCUT2D eigenvalue weighted by atomic mass is 32.1. The molecule has 7 nitrogen and oxygen atoms in total. The summed E-state index contributed by atoms with van der Waals surface area (Å²) in [6.45, 7) is 2.18. The van der Waals surface area contributed by atoms with Crippen LogP contribution in [0, 0.1) is 11.3 Å². The summed E-state index contributed by atoms with van der Waals surface area (Å²) in [7, 11) is 0. The zero-order chi connectivity index (χ0) is 21.2. The number of nitrogens with zero attached hydrogens (tertiary/aromatic N) is 1. The fourth-order valence-electron chi connectivity index (χ4n) is 2.48. The number of nitrogens with one attached hydrogen (secondary N) is 2. The van der Waals surface area contributed by atoms with Crippen LogP contribution in [0.25, 0.3) is 0 Å². The topological polar surface area (TPSA) is 126 Å². The third-order valence-corrected chi connectivity index (χ3v) is 4.06. The summed E-state index contributed by atoms with van der Waals surface area (Å²) in [4.78, 5) is 12.2. The summed E-state index contributed by atoms with van der Waals surface area (Å²) in [6, 6.07) is 16.0. The van der Waals surface area contributed by atoms with Gasteiger partial charge in [0.2, 0.25) is 5.91 Å². The predicted molar refractivity (Wildman–Crippen MR) is 118 cm³/mol. The molecular formula is C21H23N5O2S. The van der Waals surface area contributed by atoms with Crippen molar-refractivity contribution in [2.75, 3.05) is 17.2 Å². The molecule has 0 saturated carbocycles. The molecule has 2 aromatic rings. The lowest BCUT2D eigenvalue weighted by molar-refractivity contribution is -0.120. The van der Waals surface area contributed by atoms with Gasteiger partial charge in [-0.25, -0.2) is 0 Å². The first-order chi connectivity index (χ1) is 13.9. The van der Waals surface area contributed by atoms with Gasteiger partial charge in [-0.3, -0.25) is 4.79 Å². The molecule has 1 amide bonds. The van der Waals surface area contributed by atoms with Gasteiger partial charge in [0.15, 0.2) is 0 Å². The highest BCUT2D eigenvalue weighted by molar-refractivity contribution is 7.81. The van der Waals surface area contributed by atoms with Gasteiger partial charge in [0.25, 0.3) is 0 Å². The Morgan fingerprint density at radius 2 is 2.00 bits per heavy atom. The molecule has 0 spiro atoms. The van der Waals surface area contributed by atoms with Crippen LogP contribution in [0.3, 0.4) is 0 Å². The Balaban J connectivity index is 2.07. The van der Waals surface area contributed by atoms with E-state index in [-0.39, 0.29) is 6.61 Å². The Morgan fingerprint density at radius 3 is 2.62 bits per heavy atom. The quantitative estimate of drug-likeness (QED) is 0.370. The van der Waals surface area contributed by atoms with E-state index in [1.54, 1.807) is 31.2 Å². The second-order valence-electron chi connectivity index (χ2n) is 6.35. The summed E-state index contributed by atoms with van der Waals surface area (Å²) in [6.07, 6.45) is 1.58. The van der Waals surface area contributed by atoms with Gasteiger partial charge < -0.3 is 26.8 Å². The van der Waals surface area contributed by atoms with Gasteiger partial charge in [-0.15, -0.1) is 0 Å². The zero-order valence-electron chi connectivity index (χ0n) is 16.0. The van der Waals surface area contributed by atoms with Crippen LogP contribution < -0.4 is 22.1 Å². The van der Waals surface area contributed by atoms with E-state index in [0.717, 1.165) is 5.56 Å². The average Bonchev–Trinajstić information content (AvgIpc) is 2.67. The van der Waals surface area contributed by atoms with Crippen molar-refractivity contribution in [1.82, 2.24) is 0 Å². The highest BCUT2D eigenvalue weighted by Crippen LogP contribution is 2.21. The van der Waals surface area contributed by atoms with Crippen LogP contribution >= 0.6 is 12.2 Å². The Morgan fingerprint density at radius 1 is 1.28 bits per heavy atom. The van der Waals surface area contributed by atoms with Crippen molar-refractivity contribution in [1.29, 1.82) is 5.26 Å². The lowest BCUT2D eigenvalue weighted by Crippen LogP contribution is -2.39. The van der Waals surface area contributed by atoms with Crippen LogP contribution in [0.15, 0.2) is 60.3 Å². The van der Waals surface area contributed by atoms with Gasteiger partial charge in [0.1, 0.15) is 17.1 Å². The normalized spacial score (nSPS) is 11.9. The van der Waals surface area contributed by atoms with Crippen molar-refractivity contribution >= 4 is 34.5 Å². The van der Waals surface area contributed by atoms with Gasteiger partial charge in [-0.05, 0) is 36.8 Å². The smallest absolute Gasteiger partial charge is 0.242 e. The maximum Gasteiger partial charge on any atom is 0.242 e. The SMILES string of the molecule is CC(N)=CC(=S)Nc1cc(N[C@H](COCc2ccccc2)C(N)=O)ccc1C#N. The number of carbonyl (C=O) groups excluding carboxylic acids is 1. The number of nitriles is 1. The minimum absolute atomic E-state index is 0.0977. The van der Waals surface area contributed by atoms with E-state index in [9.17, 15) is 10.1 Å². The molecule has 0 aliphatic heterocycles. The Hall–Kier alpha value is -3.41. The van der Waals surface area contributed by atoms with E-state index < -0.39 is 11.9 Å². The maximum atomic E-state index is 11.8. The molecule has 150 valence electrons. The molecule has 2 rings (SSSR count). The van der Waals surface area contributed by atoms with Crippen LogP contribution in [0.2, 0.25) is 0 Å². The second kappa shape index (κ2) is 10.8. The van der Waals surface area contributed by atoms with Crippen molar-refractivity contribution in [3.05, 3.63) is 71.4 Å². The Kier molecular flexibility index (Phi) is 8.15. The van der Waals surface area contributed by atoms with E-state index in [2.05, 4.69) is 16.7 Å². The molecule has 0 aromatic heterocycles. The van der Waals surface area contributed by atoms with E-state index >= 15 is 0 Å². The largest absolute Gasteiger partial charge is 0.402 e. The number of primary amides is 1. The monoisotopic (exact) mass is 409 g/mol. The van der Waals surface area contributed by atoms with E-state index in [1.807, 2.05) is 30.3 Å². The number of hydrogen-bond acceptors (Lipinski definition) is 6. The van der Waals surface area contributed by atoms with Crippen molar-refractivity contribution in [3.8, 4) is 6.07 Å². The molecule has 0 bridgehead atoms. The number of rotatable bonds is 9. The number of nitrogens with two attached hydrogens (primary N) is 2. The van der Waals surface area contributed by atoms with E-state index in [0.29, 0.717) is 34.2 Å². The van der Waals surface area contributed by atoms with Gasteiger partial charge in [0, 0.05) is 11.4 Å². The second-order valence-corrected chi connectivity index (χ2v) is 6.79. The lowest BCUT2D eigenvalue weighted by Gasteiger charge is -2.18. The van der Waals surface area contributed by atoms with Crippen LogP contribution in [0.5, 0.6) is 0 Å². The maximum absolute atomic E-state index is 11.8. The molecule has 0 aliphatic carbocycles. The highest BCUT2D eigenvalue weighted by Gasteiger charge is 2.16. The zero-order valence-corrected chi connectivity index (χ0v) is 16.8. The van der Waals surface area contributed by atoms with E-state index in [1.165, 1.54) is 0 Å². The number of hydrogen-bond donors (Lipinski definition) is 4. The number of amides is 1. The molecule has 2 aromatic carbocycles. The predicted octanol–water partition coefficient (Wildman–Crippen LogP) is 2.64. The molecule has 8 heteroatoms. The molecule has 0 saturated heterocycles. The average molecular weight is 410 g/mol. The number of ether oxygens (including phenoxy) is 1. The fourth-order valence-corrected chi connectivity index (χ4v) is 2.77. The summed E-state index contributed by atoms with van der Waals surface area (Å²) < 4.78 is 5.63. The van der Waals surface area contributed by atoms with Crippen molar-refractivity contribution < 1.29 is 9.53 Å². The van der Waals surface area contributed by atoms with Gasteiger partial charge in [0.05, 0.1) is 24.5 Å². The number of carbonyl (C=O) groups is 1. The lowest BCUT2D eigenvalue weighted by atomic mass is 10.1. The third-order valence-electron chi connectivity index (χ3n) is 3.84. The summed E-state index contributed by atoms with van der Waals surface area (Å²) in [5.41, 5.74) is 14.2. The number of anilines is 2. The van der Waals surface area contributed by atoms with Crippen LogP contribution in [0.4, 0.5) is 11.4 Å². The van der Waals surface area contributed by atoms with Crippen LogP contribution in [-0.4, -0.2) is 23.5 Å². The molecule has 0 radical (unpaired) electrons. The van der Waals surface area contributed by atoms with E-state index in [4.69, 9.17) is 28.4 Å². The van der Waals surface area contributed by atoms with Crippen LogP contribution in [-0.2, 0) is 16.1 Å². The Bertz CT molecular complexity index is 934. The molecule has 29 heavy (non-hydrogen) atoms.